The molecule has 0 N–H and O–H groups in total. The summed E-state index contributed by atoms with van der Waals surface area (Å²) < 4.78 is 44.7. The molecule has 0 unspecified atom stereocenters. The van der Waals surface area contributed by atoms with E-state index in [0.717, 1.165) is 0 Å². The van der Waals surface area contributed by atoms with Gasteiger partial charge >= 0.3 is 6.18 Å². The Morgan fingerprint density at radius 3 is 2.33 bits per heavy atom. The molecule has 0 radical (unpaired) electrons. The molecule has 0 amide bonds. The summed E-state index contributed by atoms with van der Waals surface area (Å²) in [7, 11) is 0. The smallest absolute Gasteiger partial charge is 0.422 e. The van der Waals surface area contributed by atoms with Crippen molar-refractivity contribution >= 4 is 0 Å². The Bertz CT molecular complexity index is 325. The van der Waals surface area contributed by atoms with Crippen molar-refractivity contribution in [1.29, 1.82) is 0 Å². The summed E-state index contributed by atoms with van der Waals surface area (Å²) in [4.78, 5) is 0. The van der Waals surface area contributed by atoms with E-state index in [1.54, 1.807) is 0 Å². The van der Waals surface area contributed by atoms with Gasteiger partial charge in [0.15, 0.2) is 6.61 Å². The number of hydrogen-bond acceptors (Lipinski definition) is 3. The fourth-order valence-electron chi connectivity index (χ4n) is 0.836. The average Bonchev–Trinajstić information content (AvgIpc) is 2.45. The molecule has 0 aliphatic carbocycles. The lowest BCUT2D eigenvalue weighted by molar-refractivity contribution is -0.154. The summed E-state index contributed by atoms with van der Waals surface area (Å²) in [5, 5.41) is 3.39. The number of ether oxygens (including phenoxy) is 1. The molecule has 0 aromatic carbocycles. The molecule has 0 aliphatic rings. The highest BCUT2D eigenvalue weighted by Crippen LogP contribution is 2.26. The molecule has 0 aliphatic heterocycles. The second kappa shape index (κ2) is 3.75. The lowest BCUT2D eigenvalue weighted by Gasteiger charge is -2.11. The molecule has 0 saturated heterocycles. The minimum absolute atomic E-state index is 0.141. The van der Waals surface area contributed by atoms with E-state index in [1.807, 2.05) is 20.8 Å². The molecule has 6 heteroatoms. The van der Waals surface area contributed by atoms with Crippen molar-refractivity contribution in [2.45, 2.75) is 32.4 Å². The van der Waals surface area contributed by atoms with Gasteiger partial charge in [0.1, 0.15) is 5.76 Å². The molecule has 15 heavy (non-hydrogen) atoms. The average molecular weight is 223 g/mol. The first-order chi connectivity index (χ1) is 6.68. The van der Waals surface area contributed by atoms with Crippen molar-refractivity contribution in [3.05, 3.63) is 11.8 Å². The highest BCUT2D eigenvalue weighted by Gasteiger charge is 2.29. The normalized spacial score (nSPS) is 12.9. The topological polar surface area (TPSA) is 35.3 Å². The van der Waals surface area contributed by atoms with Crippen LogP contribution in [0.4, 0.5) is 13.2 Å². The Morgan fingerprint density at radius 1 is 1.33 bits per heavy atom. The first-order valence-corrected chi connectivity index (χ1v) is 4.35. The standard InChI is InChI=1S/C9H12F3NO2/c1-8(2,3)6-4-7(13-15-6)14-5-9(10,11)12/h4H,5H2,1-3H3. The predicted octanol–water partition coefficient (Wildman–Crippen LogP) is 2.91. The Labute approximate surface area is 85.2 Å². The van der Waals surface area contributed by atoms with Gasteiger partial charge in [0.25, 0.3) is 5.88 Å². The minimum Gasteiger partial charge on any atom is -0.466 e. The largest absolute Gasteiger partial charge is 0.466 e. The van der Waals surface area contributed by atoms with Gasteiger partial charge in [-0.05, 0) is 5.16 Å². The van der Waals surface area contributed by atoms with Crippen molar-refractivity contribution in [3.8, 4) is 5.88 Å². The molecule has 0 saturated carbocycles. The summed E-state index contributed by atoms with van der Waals surface area (Å²) in [6, 6.07) is 1.37. The molecule has 0 fully saturated rings. The maximum Gasteiger partial charge on any atom is 0.422 e. The maximum atomic E-state index is 11.8. The number of nitrogens with zero attached hydrogens (tertiary/aromatic N) is 1. The second-order valence-electron chi connectivity index (χ2n) is 4.18. The fourth-order valence-corrected chi connectivity index (χ4v) is 0.836. The maximum absolute atomic E-state index is 11.8. The first kappa shape index (κ1) is 11.9. The quantitative estimate of drug-likeness (QED) is 0.773. The zero-order valence-electron chi connectivity index (χ0n) is 8.68. The summed E-state index contributed by atoms with van der Waals surface area (Å²) in [5.74, 6) is 0.344. The van der Waals surface area contributed by atoms with Gasteiger partial charge in [0.2, 0.25) is 0 Å². The molecular formula is C9H12F3NO2. The van der Waals surface area contributed by atoms with Crippen LogP contribution in [0.2, 0.25) is 0 Å². The van der Waals surface area contributed by atoms with Crippen LogP contribution < -0.4 is 4.74 Å². The van der Waals surface area contributed by atoms with Crippen LogP contribution in [0.3, 0.4) is 0 Å². The molecule has 1 aromatic heterocycles. The van der Waals surface area contributed by atoms with Crippen LogP contribution in [0.1, 0.15) is 26.5 Å². The van der Waals surface area contributed by atoms with Crippen molar-refractivity contribution < 1.29 is 22.4 Å². The van der Waals surface area contributed by atoms with Crippen molar-refractivity contribution in [2.75, 3.05) is 6.61 Å². The second-order valence-corrected chi connectivity index (χ2v) is 4.18. The molecule has 1 rings (SSSR count). The van der Waals surface area contributed by atoms with Crippen LogP contribution in [0.25, 0.3) is 0 Å². The SMILES string of the molecule is CC(C)(C)c1cc(OCC(F)(F)F)no1. The molecule has 0 atom stereocenters. The molecular weight excluding hydrogens is 211 g/mol. The summed E-state index contributed by atoms with van der Waals surface area (Å²) in [6.07, 6.45) is -4.36. The van der Waals surface area contributed by atoms with Crippen LogP contribution in [-0.2, 0) is 5.41 Å². The van der Waals surface area contributed by atoms with E-state index in [9.17, 15) is 13.2 Å². The molecule has 0 bridgehead atoms. The van der Waals surface area contributed by atoms with Crippen LogP contribution >= 0.6 is 0 Å². The monoisotopic (exact) mass is 223 g/mol. The lowest BCUT2D eigenvalue weighted by atomic mass is 9.94. The Kier molecular flexibility index (Phi) is 2.97. The van der Waals surface area contributed by atoms with E-state index in [-0.39, 0.29) is 11.3 Å². The van der Waals surface area contributed by atoms with Gasteiger partial charge in [0.05, 0.1) is 0 Å². The van der Waals surface area contributed by atoms with Crippen LogP contribution in [-0.4, -0.2) is 17.9 Å². The lowest BCUT2D eigenvalue weighted by Crippen LogP contribution is -2.19. The van der Waals surface area contributed by atoms with E-state index < -0.39 is 12.8 Å². The third kappa shape index (κ3) is 3.81. The van der Waals surface area contributed by atoms with Gasteiger partial charge in [-0.1, -0.05) is 20.8 Å². The number of alkyl halides is 3. The summed E-state index contributed by atoms with van der Waals surface area (Å²) in [5.41, 5.74) is -0.299. The fraction of sp³-hybridized carbons (Fsp3) is 0.667. The van der Waals surface area contributed by atoms with Crippen LogP contribution in [0, 0.1) is 0 Å². The number of aromatic nitrogens is 1. The van der Waals surface area contributed by atoms with Crippen molar-refractivity contribution in [1.82, 2.24) is 5.16 Å². The van der Waals surface area contributed by atoms with Gasteiger partial charge in [-0.25, -0.2) is 0 Å². The number of rotatable bonds is 2. The molecule has 86 valence electrons. The highest BCUT2D eigenvalue weighted by atomic mass is 19.4. The van der Waals surface area contributed by atoms with Gasteiger partial charge < -0.3 is 9.26 Å². The van der Waals surface area contributed by atoms with E-state index in [2.05, 4.69) is 9.89 Å². The Balaban J connectivity index is 2.62. The van der Waals surface area contributed by atoms with Crippen molar-refractivity contribution in [3.63, 3.8) is 0 Å². The van der Waals surface area contributed by atoms with Gasteiger partial charge in [-0.15, -0.1) is 0 Å². The summed E-state index contributed by atoms with van der Waals surface area (Å²) in [6.45, 7) is 4.23. The Morgan fingerprint density at radius 2 is 1.93 bits per heavy atom. The highest BCUT2D eigenvalue weighted by molar-refractivity contribution is 5.17. The van der Waals surface area contributed by atoms with Crippen LogP contribution in [0.15, 0.2) is 10.6 Å². The zero-order valence-corrected chi connectivity index (χ0v) is 8.68. The third-order valence-corrected chi connectivity index (χ3v) is 1.61. The van der Waals surface area contributed by atoms with Gasteiger partial charge in [-0.2, -0.15) is 13.2 Å². The Hall–Kier alpha value is -1.20. The van der Waals surface area contributed by atoms with E-state index in [1.165, 1.54) is 6.07 Å². The first-order valence-electron chi connectivity index (χ1n) is 4.35. The van der Waals surface area contributed by atoms with Gasteiger partial charge in [0, 0.05) is 11.5 Å². The van der Waals surface area contributed by atoms with E-state index in [4.69, 9.17) is 4.52 Å². The third-order valence-electron chi connectivity index (χ3n) is 1.61. The molecule has 3 nitrogen and oxygen atoms in total. The summed E-state index contributed by atoms with van der Waals surface area (Å²) >= 11 is 0. The van der Waals surface area contributed by atoms with Crippen molar-refractivity contribution in [2.24, 2.45) is 0 Å². The van der Waals surface area contributed by atoms with E-state index in [0.29, 0.717) is 5.76 Å². The zero-order chi connectivity index (χ0) is 11.7. The molecule has 1 heterocycles. The van der Waals surface area contributed by atoms with Gasteiger partial charge in [-0.3, -0.25) is 0 Å². The number of halogens is 3. The predicted molar refractivity (Wildman–Crippen MR) is 46.8 cm³/mol. The van der Waals surface area contributed by atoms with E-state index >= 15 is 0 Å². The molecule has 1 aromatic rings. The minimum atomic E-state index is -4.36. The van der Waals surface area contributed by atoms with Crippen LogP contribution in [0.5, 0.6) is 5.88 Å². The number of hydrogen-bond donors (Lipinski definition) is 0. The molecule has 0 spiro atoms.